The van der Waals surface area contributed by atoms with Gasteiger partial charge in [0.05, 0.1) is 0 Å². The highest BCUT2D eigenvalue weighted by Crippen LogP contribution is 2.32. The third-order valence-electron chi connectivity index (χ3n) is 6.18. The van der Waals surface area contributed by atoms with Crippen LogP contribution in [0.15, 0.2) is 12.3 Å². The molecule has 0 radical (unpaired) electrons. The van der Waals surface area contributed by atoms with E-state index in [1.165, 1.54) is 39.9 Å². The van der Waals surface area contributed by atoms with E-state index in [2.05, 4.69) is 72.0 Å². The zero-order chi connectivity index (χ0) is 18.2. The SMILES string of the molecule is C=C1CC[C@@H](CN(C)Cc2c(C)c(C)c(C(C)C)c(C)c2C)N1C. The largest absolute Gasteiger partial charge is 0.374 e. The molecule has 1 aromatic carbocycles. The van der Waals surface area contributed by atoms with E-state index in [-0.39, 0.29) is 0 Å². The highest BCUT2D eigenvalue weighted by atomic mass is 15.2. The van der Waals surface area contributed by atoms with Crippen LogP contribution in [0.3, 0.4) is 0 Å². The van der Waals surface area contributed by atoms with Crippen molar-refractivity contribution in [3.8, 4) is 0 Å². The van der Waals surface area contributed by atoms with Crippen molar-refractivity contribution in [1.82, 2.24) is 9.80 Å². The van der Waals surface area contributed by atoms with Gasteiger partial charge in [0.25, 0.3) is 0 Å². The fraction of sp³-hybridized carbons (Fsp3) is 0.636. The summed E-state index contributed by atoms with van der Waals surface area (Å²) in [6.45, 7) is 20.1. The van der Waals surface area contributed by atoms with Crippen molar-refractivity contribution in [2.24, 2.45) is 0 Å². The summed E-state index contributed by atoms with van der Waals surface area (Å²) < 4.78 is 0. The molecule has 0 spiro atoms. The topological polar surface area (TPSA) is 6.48 Å². The summed E-state index contributed by atoms with van der Waals surface area (Å²) in [5.41, 5.74) is 10.3. The van der Waals surface area contributed by atoms with Gasteiger partial charge in [0.2, 0.25) is 0 Å². The van der Waals surface area contributed by atoms with Crippen LogP contribution < -0.4 is 0 Å². The van der Waals surface area contributed by atoms with Crippen molar-refractivity contribution in [1.29, 1.82) is 0 Å². The molecule has 2 nitrogen and oxygen atoms in total. The lowest BCUT2D eigenvalue weighted by Crippen LogP contribution is -2.36. The van der Waals surface area contributed by atoms with E-state index in [1.54, 1.807) is 5.56 Å². The Balaban J connectivity index is 2.22. The fourth-order valence-corrected chi connectivity index (χ4v) is 4.39. The highest BCUT2D eigenvalue weighted by Gasteiger charge is 2.25. The standard InChI is InChI=1S/C22H36N2/c1-14(2)22-18(6)16(4)21(17(5)19(22)7)13-23(8)12-20-11-10-15(3)24(20)9/h14,20H,3,10-13H2,1-2,4-9H3/t20-/m0/s1. The average molecular weight is 329 g/mol. The quantitative estimate of drug-likeness (QED) is 0.743. The summed E-state index contributed by atoms with van der Waals surface area (Å²) in [4.78, 5) is 4.86. The average Bonchev–Trinajstić information content (AvgIpc) is 2.81. The lowest BCUT2D eigenvalue weighted by Gasteiger charge is -2.29. The van der Waals surface area contributed by atoms with Crippen LogP contribution in [0.4, 0.5) is 0 Å². The van der Waals surface area contributed by atoms with Crippen molar-refractivity contribution >= 4 is 0 Å². The van der Waals surface area contributed by atoms with Gasteiger partial charge in [-0.1, -0.05) is 20.4 Å². The molecule has 0 amide bonds. The van der Waals surface area contributed by atoms with E-state index < -0.39 is 0 Å². The van der Waals surface area contributed by atoms with E-state index >= 15 is 0 Å². The first-order valence-electron chi connectivity index (χ1n) is 9.33. The first-order valence-corrected chi connectivity index (χ1v) is 9.33. The van der Waals surface area contributed by atoms with E-state index in [4.69, 9.17) is 0 Å². The molecule has 24 heavy (non-hydrogen) atoms. The van der Waals surface area contributed by atoms with Gasteiger partial charge in [-0.2, -0.15) is 0 Å². The smallest absolute Gasteiger partial charge is 0.0414 e. The van der Waals surface area contributed by atoms with Gasteiger partial charge < -0.3 is 9.80 Å². The summed E-state index contributed by atoms with van der Waals surface area (Å²) >= 11 is 0. The van der Waals surface area contributed by atoms with E-state index in [0.29, 0.717) is 12.0 Å². The van der Waals surface area contributed by atoms with Gasteiger partial charge in [-0.05, 0) is 86.9 Å². The summed E-state index contributed by atoms with van der Waals surface area (Å²) in [5, 5.41) is 0. The third-order valence-corrected chi connectivity index (χ3v) is 6.18. The van der Waals surface area contributed by atoms with Crippen LogP contribution >= 0.6 is 0 Å². The minimum Gasteiger partial charge on any atom is -0.374 e. The number of allylic oxidation sites excluding steroid dienone is 1. The Morgan fingerprint density at radius 3 is 2.04 bits per heavy atom. The molecular formula is C22H36N2. The lowest BCUT2D eigenvalue weighted by atomic mass is 9.84. The Bertz CT molecular complexity index is 598. The molecule has 0 aromatic heterocycles. The molecule has 0 saturated carbocycles. The van der Waals surface area contributed by atoms with E-state index in [0.717, 1.165) is 19.5 Å². The van der Waals surface area contributed by atoms with Crippen LogP contribution in [0.1, 0.15) is 66.0 Å². The van der Waals surface area contributed by atoms with Gasteiger partial charge in [0.15, 0.2) is 0 Å². The second kappa shape index (κ2) is 7.31. The molecule has 1 aliphatic rings. The molecule has 2 rings (SSSR count). The molecule has 1 heterocycles. The van der Waals surface area contributed by atoms with Crippen molar-refractivity contribution < 1.29 is 0 Å². The van der Waals surface area contributed by atoms with Crippen molar-refractivity contribution in [3.05, 3.63) is 45.7 Å². The number of nitrogens with zero attached hydrogens (tertiary/aromatic N) is 2. The Labute approximate surface area is 149 Å². The molecular weight excluding hydrogens is 292 g/mol. The predicted molar refractivity (Wildman–Crippen MR) is 106 cm³/mol. The van der Waals surface area contributed by atoms with Crippen molar-refractivity contribution in [2.45, 2.75) is 72.9 Å². The maximum atomic E-state index is 4.16. The van der Waals surface area contributed by atoms with Crippen molar-refractivity contribution in [3.63, 3.8) is 0 Å². The number of rotatable bonds is 5. The second-order valence-corrected chi connectivity index (χ2v) is 8.11. The summed E-state index contributed by atoms with van der Waals surface area (Å²) in [5.74, 6) is 0.590. The van der Waals surface area contributed by atoms with Crippen LogP contribution in [0.5, 0.6) is 0 Å². The highest BCUT2D eigenvalue weighted by molar-refractivity contribution is 5.51. The summed E-state index contributed by atoms with van der Waals surface area (Å²) in [7, 11) is 4.45. The zero-order valence-electron chi connectivity index (χ0n) is 17.1. The van der Waals surface area contributed by atoms with Crippen molar-refractivity contribution in [2.75, 3.05) is 20.6 Å². The van der Waals surface area contributed by atoms with Gasteiger partial charge in [-0.25, -0.2) is 0 Å². The fourth-order valence-electron chi connectivity index (χ4n) is 4.39. The molecule has 0 bridgehead atoms. The second-order valence-electron chi connectivity index (χ2n) is 8.11. The molecule has 0 aliphatic carbocycles. The van der Waals surface area contributed by atoms with Crippen LogP contribution in [0, 0.1) is 27.7 Å². The molecule has 1 atom stereocenters. The maximum absolute atomic E-state index is 4.16. The van der Waals surface area contributed by atoms with Crippen LogP contribution in [-0.2, 0) is 6.54 Å². The molecule has 1 aliphatic heterocycles. The minimum absolute atomic E-state index is 0.590. The molecule has 1 saturated heterocycles. The molecule has 134 valence electrons. The summed E-state index contributed by atoms with van der Waals surface area (Å²) in [6, 6.07) is 0.611. The molecule has 0 N–H and O–H groups in total. The Hall–Kier alpha value is -1.28. The molecule has 1 fully saturated rings. The first-order chi connectivity index (χ1) is 11.1. The maximum Gasteiger partial charge on any atom is 0.0414 e. The minimum atomic E-state index is 0.590. The van der Waals surface area contributed by atoms with E-state index in [1.807, 2.05) is 0 Å². The van der Waals surface area contributed by atoms with Gasteiger partial charge in [0, 0.05) is 31.9 Å². The number of likely N-dealkylation sites (N-methyl/N-ethyl adjacent to an activating group) is 2. The molecule has 0 unspecified atom stereocenters. The Morgan fingerprint density at radius 2 is 1.62 bits per heavy atom. The Morgan fingerprint density at radius 1 is 1.08 bits per heavy atom. The third kappa shape index (κ3) is 3.54. The molecule has 1 aromatic rings. The number of benzene rings is 1. The van der Waals surface area contributed by atoms with Gasteiger partial charge >= 0.3 is 0 Å². The monoisotopic (exact) mass is 328 g/mol. The number of likely N-dealkylation sites (tertiary alicyclic amines) is 1. The van der Waals surface area contributed by atoms with Crippen LogP contribution in [0.25, 0.3) is 0 Å². The number of hydrogen-bond donors (Lipinski definition) is 0. The zero-order valence-corrected chi connectivity index (χ0v) is 17.1. The Kier molecular flexibility index (Phi) is 5.80. The normalized spacial score (nSPS) is 18.3. The van der Waals surface area contributed by atoms with Gasteiger partial charge in [0.1, 0.15) is 0 Å². The van der Waals surface area contributed by atoms with E-state index in [9.17, 15) is 0 Å². The predicted octanol–water partition coefficient (Wildman–Crippen LogP) is 5.08. The first kappa shape index (κ1) is 19.1. The summed E-state index contributed by atoms with van der Waals surface area (Å²) in [6.07, 6.45) is 2.39. The molecule has 2 heteroatoms. The van der Waals surface area contributed by atoms with Crippen LogP contribution in [-0.4, -0.2) is 36.5 Å². The van der Waals surface area contributed by atoms with Gasteiger partial charge in [-0.15, -0.1) is 0 Å². The van der Waals surface area contributed by atoms with Crippen LogP contribution in [0.2, 0.25) is 0 Å². The number of hydrogen-bond acceptors (Lipinski definition) is 2. The van der Waals surface area contributed by atoms with Gasteiger partial charge in [-0.3, -0.25) is 0 Å². The lowest BCUT2D eigenvalue weighted by molar-refractivity contribution is 0.230.